The summed E-state index contributed by atoms with van der Waals surface area (Å²) in [6.45, 7) is 2.60. The SMILES string of the molecule is COCCNC(=O)CNCCCCCCO. The largest absolute Gasteiger partial charge is 0.396 e. The lowest BCUT2D eigenvalue weighted by atomic mass is 10.2. The zero-order chi connectivity index (χ0) is 12.1. The van der Waals surface area contributed by atoms with Crippen LogP contribution in [0.5, 0.6) is 0 Å². The van der Waals surface area contributed by atoms with Crippen LogP contribution in [0.25, 0.3) is 0 Å². The molecule has 5 nitrogen and oxygen atoms in total. The van der Waals surface area contributed by atoms with E-state index in [-0.39, 0.29) is 12.5 Å². The Labute approximate surface area is 97.6 Å². The van der Waals surface area contributed by atoms with Crippen LogP contribution in [-0.2, 0) is 9.53 Å². The van der Waals surface area contributed by atoms with Gasteiger partial charge in [0, 0.05) is 20.3 Å². The van der Waals surface area contributed by atoms with Crippen LogP contribution >= 0.6 is 0 Å². The highest BCUT2D eigenvalue weighted by Crippen LogP contribution is 1.97. The van der Waals surface area contributed by atoms with Gasteiger partial charge < -0.3 is 20.5 Å². The van der Waals surface area contributed by atoms with Crippen LogP contribution in [0.15, 0.2) is 0 Å². The zero-order valence-corrected chi connectivity index (χ0v) is 10.1. The molecule has 0 aliphatic carbocycles. The summed E-state index contributed by atoms with van der Waals surface area (Å²) < 4.78 is 4.82. The molecule has 0 aromatic heterocycles. The maximum absolute atomic E-state index is 11.2. The number of hydrogen-bond acceptors (Lipinski definition) is 4. The van der Waals surface area contributed by atoms with Crippen LogP contribution in [0.1, 0.15) is 25.7 Å². The van der Waals surface area contributed by atoms with Crippen molar-refractivity contribution in [1.29, 1.82) is 0 Å². The molecule has 0 saturated carbocycles. The number of carbonyl (C=O) groups is 1. The predicted molar refractivity (Wildman–Crippen MR) is 63.3 cm³/mol. The minimum absolute atomic E-state index is 0.00686. The number of nitrogens with one attached hydrogen (secondary N) is 2. The molecule has 0 aliphatic heterocycles. The van der Waals surface area contributed by atoms with Crippen LogP contribution < -0.4 is 10.6 Å². The van der Waals surface area contributed by atoms with Crippen molar-refractivity contribution in [3.63, 3.8) is 0 Å². The molecular weight excluding hydrogens is 208 g/mol. The fourth-order valence-corrected chi connectivity index (χ4v) is 1.27. The predicted octanol–water partition coefficient (Wildman–Crippen LogP) is -0.109. The van der Waals surface area contributed by atoms with E-state index >= 15 is 0 Å². The highest BCUT2D eigenvalue weighted by Gasteiger charge is 1.98. The zero-order valence-electron chi connectivity index (χ0n) is 10.1. The third kappa shape index (κ3) is 11.4. The second kappa shape index (κ2) is 12.4. The molecule has 0 radical (unpaired) electrons. The first kappa shape index (κ1) is 15.3. The molecule has 0 aromatic carbocycles. The molecule has 0 heterocycles. The number of rotatable bonds is 11. The molecule has 96 valence electrons. The van der Waals surface area contributed by atoms with Crippen LogP contribution in [0.4, 0.5) is 0 Å². The first-order valence-electron chi connectivity index (χ1n) is 5.88. The fourth-order valence-electron chi connectivity index (χ4n) is 1.27. The third-order valence-electron chi connectivity index (χ3n) is 2.18. The van der Waals surface area contributed by atoms with Gasteiger partial charge in [0.15, 0.2) is 0 Å². The summed E-state index contributed by atoms with van der Waals surface area (Å²) in [5, 5.41) is 14.4. The second-order valence-corrected chi connectivity index (χ2v) is 3.66. The van der Waals surface area contributed by atoms with Crippen LogP contribution in [-0.4, -0.2) is 51.0 Å². The van der Waals surface area contributed by atoms with E-state index < -0.39 is 0 Å². The van der Waals surface area contributed by atoms with E-state index in [9.17, 15) is 4.79 Å². The van der Waals surface area contributed by atoms with Crippen LogP contribution in [0.3, 0.4) is 0 Å². The molecule has 0 atom stereocenters. The Balaban J connectivity index is 3.09. The smallest absolute Gasteiger partial charge is 0.234 e. The highest BCUT2D eigenvalue weighted by molar-refractivity contribution is 5.77. The van der Waals surface area contributed by atoms with Crippen molar-refractivity contribution in [2.45, 2.75) is 25.7 Å². The Bertz CT molecular complexity index is 165. The van der Waals surface area contributed by atoms with Gasteiger partial charge in [-0.1, -0.05) is 12.8 Å². The van der Waals surface area contributed by atoms with E-state index in [1.807, 2.05) is 0 Å². The normalized spacial score (nSPS) is 10.4. The molecule has 0 rings (SSSR count). The molecule has 16 heavy (non-hydrogen) atoms. The quantitative estimate of drug-likeness (QED) is 0.435. The average Bonchev–Trinajstić information content (AvgIpc) is 2.28. The van der Waals surface area contributed by atoms with Gasteiger partial charge in [-0.25, -0.2) is 0 Å². The number of aliphatic hydroxyl groups excluding tert-OH is 1. The molecular formula is C11H24N2O3. The van der Waals surface area contributed by atoms with Crippen molar-refractivity contribution >= 4 is 5.91 Å². The molecule has 0 bridgehead atoms. The van der Waals surface area contributed by atoms with E-state index in [0.29, 0.717) is 19.7 Å². The maximum atomic E-state index is 11.2. The van der Waals surface area contributed by atoms with Crippen molar-refractivity contribution in [3.8, 4) is 0 Å². The number of amides is 1. The Morgan fingerprint density at radius 2 is 1.94 bits per heavy atom. The standard InChI is InChI=1S/C11H24N2O3/c1-16-9-7-13-11(15)10-12-6-4-2-3-5-8-14/h12,14H,2-10H2,1H3,(H,13,15). The first-order valence-corrected chi connectivity index (χ1v) is 5.88. The number of hydrogen-bond donors (Lipinski definition) is 3. The second-order valence-electron chi connectivity index (χ2n) is 3.66. The van der Waals surface area contributed by atoms with Gasteiger partial charge in [-0.15, -0.1) is 0 Å². The minimum Gasteiger partial charge on any atom is -0.396 e. The van der Waals surface area contributed by atoms with E-state index in [1.165, 1.54) is 0 Å². The lowest BCUT2D eigenvalue weighted by Gasteiger charge is -2.06. The van der Waals surface area contributed by atoms with Crippen LogP contribution in [0, 0.1) is 0 Å². The topological polar surface area (TPSA) is 70.6 Å². The Morgan fingerprint density at radius 3 is 2.62 bits per heavy atom. The molecule has 5 heteroatoms. The maximum Gasteiger partial charge on any atom is 0.234 e. The molecule has 0 spiro atoms. The monoisotopic (exact) mass is 232 g/mol. The van der Waals surface area contributed by atoms with Gasteiger partial charge in [0.25, 0.3) is 0 Å². The summed E-state index contributed by atoms with van der Waals surface area (Å²) in [5.41, 5.74) is 0. The van der Waals surface area contributed by atoms with Gasteiger partial charge in [-0.05, 0) is 19.4 Å². The van der Waals surface area contributed by atoms with E-state index in [4.69, 9.17) is 9.84 Å². The van der Waals surface area contributed by atoms with Crippen molar-refractivity contribution in [2.24, 2.45) is 0 Å². The third-order valence-corrected chi connectivity index (χ3v) is 2.18. The molecule has 0 fully saturated rings. The summed E-state index contributed by atoms with van der Waals surface area (Å²) in [5.74, 6) is 0.00686. The van der Waals surface area contributed by atoms with Crippen molar-refractivity contribution in [2.75, 3.05) is 40.0 Å². The van der Waals surface area contributed by atoms with Gasteiger partial charge in [-0.3, -0.25) is 4.79 Å². The van der Waals surface area contributed by atoms with E-state index in [2.05, 4.69) is 10.6 Å². The Morgan fingerprint density at radius 1 is 1.19 bits per heavy atom. The lowest BCUT2D eigenvalue weighted by Crippen LogP contribution is -2.35. The molecule has 3 N–H and O–H groups in total. The van der Waals surface area contributed by atoms with E-state index in [0.717, 1.165) is 32.2 Å². The highest BCUT2D eigenvalue weighted by atomic mass is 16.5. The summed E-state index contributed by atoms with van der Waals surface area (Å²) in [6, 6.07) is 0. The summed E-state index contributed by atoms with van der Waals surface area (Å²) >= 11 is 0. The fraction of sp³-hybridized carbons (Fsp3) is 0.909. The molecule has 0 saturated heterocycles. The number of carbonyl (C=O) groups excluding carboxylic acids is 1. The first-order chi connectivity index (χ1) is 7.81. The number of ether oxygens (including phenoxy) is 1. The van der Waals surface area contributed by atoms with Crippen molar-refractivity contribution in [1.82, 2.24) is 10.6 Å². The summed E-state index contributed by atoms with van der Waals surface area (Å²) in [7, 11) is 1.61. The lowest BCUT2D eigenvalue weighted by molar-refractivity contribution is -0.120. The molecule has 0 unspecified atom stereocenters. The van der Waals surface area contributed by atoms with Gasteiger partial charge in [0.1, 0.15) is 0 Å². The molecule has 0 aromatic rings. The minimum atomic E-state index is 0.00686. The number of aliphatic hydroxyl groups is 1. The number of methoxy groups -OCH3 is 1. The van der Waals surface area contributed by atoms with Gasteiger partial charge in [0.05, 0.1) is 13.2 Å². The van der Waals surface area contributed by atoms with Crippen LogP contribution in [0.2, 0.25) is 0 Å². The average molecular weight is 232 g/mol. The van der Waals surface area contributed by atoms with Gasteiger partial charge in [-0.2, -0.15) is 0 Å². The van der Waals surface area contributed by atoms with Gasteiger partial charge in [0.2, 0.25) is 5.91 Å². The van der Waals surface area contributed by atoms with E-state index in [1.54, 1.807) is 7.11 Å². The number of unbranched alkanes of at least 4 members (excludes halogenated alkanes) is 3. The van der Waals surface area contributed by atoms with Crippen molar-refractivity contribution < 1.29 is 14.6 Å². The Kier molecular flexibility index (Phi) is 11.9. The Hall–Kier alpha value is -0.650. The summed E-state index contributed by atoms with van der Waals surface area (Å²) in [4.78, 5) is 11.2. The van der Waals surface area contributed by atoms with Gasteiger partial charge >= 0.3 is 0 Å². The molecule has 0 aliphatic rings. The van der Waals surface area contributed by atoms with Crippen molar-refractivity contribution in [3.05, 3.63) is 0 Å². The molecule has 1 amide bonds. The summed E-state index contributed by atoms with van der Waals surface area (Å²) in [6.07, 6.45) is 4.07.